The second-order valence-electron chi connectivity index (χ2n) is 4.31. The van der Waals surface area contributed by atoms with Gasteiger partial charge in [0, 0.05) is 0 Å². The van der Waals surface area contributed by atoms with Crippen molar-refractivity contribution in [3.05, 3.63) is 12.2 Å². The number of carboxylic acids is 1. The Hall–Kier alpha value is -0.580. The number of rotatable bonds is 5. The number of carbonyl (C=O) groups excluding carboxylic acids is 1. The van der Waals surface area contributed by atoms with Crippen LogP contribution in [0, 0.1) is 0 Å². The number of aliphatic carboxylic acids is 1. The molecule has 0 aromatic heterocycles. The average Bonchev–Trinajstić information content (AvgIpc) is 2.18. The summed E-state index contributed by atoms with van der Waals surface area (Å²) < 4.78 is 0.827. The third kappa shape index (κ3) is 11.5. The maximum Gasteiger partial charge on any atom is 0.116 e. The van der Waals surface area contributed by atoms with E-state index in [0.717, 1.165) is 17.6 Å². The molecule has 0 saturated carbocycles. The van der Waals surface area contributed by atoms with E-state index in [1.54, 1.807) is 0 Å². The molecule has 0 aliphatic carbocycles. The molecule has 0 bridgehead atoms. The van der Waals surface area contributed by atoms with Gasteiger partial charge in [0.15, 0.2) is 0 Å². The van der Waals surface area contributed by atoms with E-state index in [1.165, 1.54) is 6.92 Å². The lowest BCUT2D eigenvalue weighted by molar-refractivity contribution is -0.891. The van der Waals surface area contributed by atoms with Crippen molar-refractivity contribution in [2.45, 2.75) is 20.0 Å². The standard InChI is InChI=1S/C7H17ClNO.C4H6O2/c1-4-9(2,3)6-7(10)5-8;1-3(2)4(5)6/h7,10H,4-6H2,1-3H3;1H2,2H3,(H,5,6)/q+1;/p-1. The van der Waals surface area contributed by atoms with Crippen molar-refractivity contribution >= 4 is 17.6 Å². The van der Waals surface area contributed by atoms with Gasteiger partial charge in [-0.15, -0.1) is 11.6 Å². The highest BCUT2D eigenvalue weighted by Gasteiger charge is 2.16. The minimum absolute atomic E-state index is 0.0648. The molecule has 1 N–H and O–H groups in total. The lowest BCUT2D eigenvalue weighted by atomic mass is 10.3. The number of likely N-dealkylation sites (N-methyl/N-ethyl adjacent to an activating group) is 1. The van der Waals surface area contributed by atoms with Crippen molar-refractivity contribution in [1.82, 2.24) is 0 Å². The molecule has 4 nitrogen and oxygen atoms in total. The van der Waals surface area contributed by atoms with E-state index < -0.39 is 5.97 Å². The van der Waals surface area contributed by atoms with Crippen molar-refractivity contribution in [2.75, 3.05) is 33.1 Å². The summed E-state index contributed by atoms with van der Waals surface area (Å²) >= 11 is 5.46. The third-order valence-electron chi connectivity index (χ3n) is 2.09. The summed E-state index contributed by atoms with van der Waals surface area (Å²) in [6.07, 6.45) is -0.364. The molecule has 0 aliphatic rings. The van der Waals surface area contributed by atoms with Gasteiger partial charge in [-0.3, -0.25) is 0 Å². The molecular weight excluding hydrogens is 230 g/mol. The van der Waals surface area contributed by atoms with Crippen LogP contribution >= 0.6 is 11.6 Å². The van der Waals surface area contributed by atoms with Crippen LogP contribution in [0.15, 0.2) is 12.2 Å². The van der Waals surface area contributed by atoms with Gasteiger partial charge in [-0.05, 0) is 19.4 Å². The molecule has 1 unspecified atom stereocenters. The Morgan fingerprint density at radius 3 is 2.12 bits per heavy atom. The highest BCUT2D eigenvalue weighted by atomic mass is 35.5. The van der Waals surface area contributed by atoms with Gasteiger partial charge >= 0.3 is 0 Å². The smallest absolute Gasteiger partial charge is 0.116 e. The Kier molecular flexibility index (Phi) is 9.52. The van der Waals surface area contributed by atoms with Crippen molar-refractivity contribution in [2.24, 2.45) is 0 Å². The first kappa shape index (κ1) is 17.8. The van der Waals surface area contributed by atoms with Gasteiger partial charge in [0.1, 0.15) is 12.6 Å². The Balaban J connectivity index is 0. The largest absolute Gasteiger partial charge is 0.545 e. The van der Waals surface area contributed by atoms with E-state index in [1.807, 2.05) is 0 Å². The summed E-state index contributed by atoms with van der Waals surface area (Å²) in [6.45, 7) is 8.33. The summed E-state index contributed by atoms with van der Waals surface area (Å²) in [5.41, 5.74) is 0.0648. The second kappa shape index (κ2) is 8.56. The molecule has 1 atom stereocenters. The van der Waals surface area contributed by atoms with Gasteiger partial charge in [-0.25, -0.2) is 0 Å². The molecule has 16 heavy (non-hydrogen) atoms. The number of nitrogens with zero attached hydrogens (tertiary/aromatic N) is 1. The number of carbonyl (C=O) groups is 1. The lowest BCUT2D eigenvalue weighted by Gasteiger charge is -2.29. The van der Waals surface area contributed by atoms with Crippen LogP contribution in [-0.4, -0.2) is 54.7 Å². The highest BCUT2D eigenvalue weighted by molar-refractivity contribution is 6.18. The van der Waals surface area contributed by atoms with E-state index in [4.69, 9.17) is 11.6 Å². The molecule has 0 saturated heterocycles. The monoisotopic (exact) mass is 251 g/mol. The first-order chi connectivity index (χ1) is 7.16. The molecule has 5 heteroatoms. The van der Waals surface area contributed by atoms with Crippen molar-refractivity contribution in [3.8, 4) is 0 Å². The first-order valence-electron chi connectivity index (χ1n) is 5.09. The Labute approximate surface area is 103 Å². The molecule has 0 aliphatic heterocycles. The van der Waals surface area contributed by atoms with Crippen molar-refractivity contribution in [3.63, 3.8) is 0 Å². The van der Waals surface area contributed by atoms with Crippen LogP contribution in [0.3, 0.4) is 0 Å². The quantitative estimate of drug-likeness (QED) is 0.425. The summed E-state index contributed by atoms with van der Waals surface area (Å²) in [5, 5.41) is 18.7. The second-order valence-corrected chi connectivity index (χ2v) is 4.62. The van der Waals surface area contributed by atoms with Gasteiger partial charge < -0.3 is 19.5 Å². The molecule has 0 aromatic carbocycles. The fourth-order valence-corrected chi connectivity index (χ4v) is 0.846. The zero-order valence-corrected chi connectivity index (χ0v) is 11.3. The number of quaternary nitrogens is 1. The van der Waals surface area contributed by atoms with Crippen LogP contribution in [0.1, 0.15) is 13.8 Å². The van der Waals surface area contributed by atoms with E-state index in [0.29, 0.717) is 5.88 Å². The van der Waals surface area contributed by atoms with E-state index in [-0.39, 0.29) is 11.7 Å². The van der Waals surface area contributed by atoms with Crippen LogP contribution in [0.4, 0.5) is 0 Å². The Bertz CT molecular complexity index is 217. The van der Waals surface area contributed by atoms with E-state index in [2.05, 4.69) is 27.6 Å². The maximum absolute atomic E-state index is 9.49. The zero-order chi connectivity index (χ0) is 13.4. The summed E-state index contributed by atoms with van der Waals surface area (Å²) in [7, 11) is 4.16. The fraction of sp³-hybridized carbons (Fsp3) is 0.727. The number of aliphatic hydroxyl groups excluding tert-OH is 1. The third-order valence-corrected chi connectivity index (χ3v) is 2.44. The molecule has 0 heterocycles. The van der Waals surface area contributed by atoms with E-state index >= 15 is 0 Å². The number of aliphatic hydroxyl groups is 1. The van der Waals surface area contributed by atoms with Crippen LogP contribution in [-0.2, 0) is 4.79 Å². The molecule has 0 amide bonds. The van der Waals surface area contributed by atoms with Gasteiger partial charge in [0.2, 0.25) is 0 Å². The normalized spacial score (nSPS) is 12.4. The summed E-state index contributed by atoms with van der Waals surface area (Å²) in [4.78, 5) is 9.49. The van der Waals surface area contributed by atoms with Gasteiger partial charge in [-0.2, -0.15) is 0 Å². The van der Waals surface area contributed by atoms with Crippen molar-refractivity contribution in [1.29, 1.82) is 0 Å². The molecule has 0 spiro atoms. The number of hydrogen-bond acceptors (Lipinski definition) is 3. The number of carboxylic acid groups (broad SMARTS) is 1. The topological polar surface area (TPSA) is 60.4 Å². The van der Waals surface area contributed by atoms with Crippen molar-refractivity contribution < 1.29 is 19.5 Å². The lowest BCUT2D eigenvalue weighted by Crippen LogP contribution is -2.45. The molecule has 0 radical (unpaired) electrons. The van der Waals surface area contributed by atoms with Crippen LogP contribution < -0.4 is 5.11 Å². The minimum atomic E-state index is -1.19. The van der Waals surface area contributed by atoms with Gasteiger partial charge in [0.05, 0.1) is 32.5 Å². The molecular formula is C11H22ClNO3. The molecule has 0 aromatic rings. The summed E-state index contributed by atoms with van der Waals surface area (Å²) in [5.74, 6) is -0.850. The molecule has 0 rings (SSSR count). The van der Waals surface area contributed by atoms with Gasteiger partial charge in [-0.1, -0.05) is 6.58 Å². The maximum atomic E-state index is 9.49. The minimum Gasteiger partial charge on any atom is -0.545 e. The van der Waals surface area contributed by atoms with Crippen LogP contribution in [0.2, 0.25) is 0 Å². The Morgan fingerprint density at radius 2 is 1.94 bits per heavy atom. The number of hydrogen-bond donors (Lipinski definition) is 1. The van der Waals surface area contributed by atoms with Crippen LogP contribution in [0.25, 0.3) is 0 Å². The number of halogens is 1. The van der Waals surface area contributed by atoms with E-state index in [9.17, 15) is 15.0 Å². The number of alkyl halides is 1. The average molecular weight is 252 g/mol. The Morgan fingerprint density at radius 1 is 1.56 bits per heavy atom. The predicted octanol–water partition coefficient (Wildman–Crippen LogP) is -0.00520. The summed E-state index contributed by atoms with van der Waals surface area (Å²) in [6, 6.07) is 0. The zero-order valence-electron chi connectivity index (χ0n) is 10.5. The van der Waals surface area contributed by atoms with Crippen LogP contribution in [0.5, 0.6) is 0 Å². The van der Waals surface area contributed by atoms with Gasteiger partial charge in [0.25, 0.3) is 0 Å². The molecule has 96 valence electrons. The molecule has 0 fully saturated rings. The first-order valence-corrected chi connectivity index (χ1v) is 5.62. The fourth-order valence-electron chi connectivity index (χ4n) is 0.748. The highest BCUT2D eigenvalue weighted by Crippen LogP contribution is 1.99. The SMILES string of the molecule is C=C(C)C(=O)[O-].CC[N+](C)(C)CC(O)CCl. The predicted molar refractivity (Wildman–Crippen MR) is 64.1 cm³/mol.